The molecule has 1 aliphatic rings. The molecule has 0 radical (unpaired) electrons. The first-order chi connectivity index (χ1) is 8.02. The second kappa shape index (κ2) is 4.81. The van der Waals surface area contributed by atoms with Crippen molar-refractivity contribution in [1.29, 1.82) is 0 Å². The van der Waals surface area contributed by atoms with Gasteiger partial charge in [0.05, 0.1) is 18.9 Å². The second-order valence-electron chi connectivity index (χ2n) is 3.72. The summed E-state index contributed by atoms with van der Waals surface area (Å²) in [6.45, 7) is 4.20. The Morgan fingerprint density at radius 2 is 2.00 bits per heavy atom. The molecule has 0 bridgehead atoms. The zero-order valence-corrected chi connectivity index (χ0v) is 10.2. The lowest BCUT2D eigenvalue weighted by Gasteiger charge is -2.27. The number of hydrogen-bond donors (Lipinski definition) is 0. The molecule has 0 unspecified atom stereocenters. The molecule has 0 atom stereocenters. The van der Waals surface area contributed by atoms with Crippen molar-refractivity contribution in [3.8, 4) is 0 Å². The molecule has 1 aromatic heterocycles. The van der Waals surface area contributed by atoms with Crippen LogP contribution in [-0.4, -0.2) is 31.3 Å². The Bertz CT molecular complexity index is 385. The van der Waals surface area contributed by atoms with E-state index in [2.05, 4.69) is 4.98 Å². The van der Waals surface area contributed by atoms with Gasteiger partial charge in [0, 0.05) is 13.1 Å². The number of morpholine rings is 1. The van der Waals surface area contributed by atoms with E-state index in [1.807, 2.05) is 11.8 Å². The molecule has 96 valence electrons. The van der Waals surface area contributed by atoms with Crippen molar-refractivity contribution in [3.05, 3.63) is 10.7 Å². The van der Waals surface area contributed by atoms with Gasteiger partial charge in [0.25, 0.3) is 0 Å². The second-order valence-corrected chi connectivity index (χ2v) is 4.70. The highest BCUT2D eigenvalue weighted by atomic mass is 32.1. The van der Waals surface area contributed by atoms with Gasteiger partial charge in [0.2, 0.25) is 0 Å². The van der Waals surface area contributed by atoms with E-state index in [1.165, 1.54) is 0 Å². The van der Waals surface area contributed by atoms with E-state index >= 15 is 0 Å². The van der Waals surface area contributed by atoms with Crippen molar-refractivity contribution in [3.63, 3.8) is 0 Å². The molecule has 0 amide bonds. The Kier molecular flexibility index (Phi) is 3.58. The topological polar surface area (TPSA) is 25.4 Å². The highest BCUT2D eigenvalue weighted by Crippen LogP contribution is 2.38. The Labute approximate surface area is 101 Å². The summed E-state index contributed by atoms with van der Waals surface area (Å²) in [5.41, 5.74) is 0.532. The summed E-state index contributed by atoms with van der Waals surface area (Å²) >= 11 is 0.732. The fourth-order valence-corrected chi connectivity index (χ4v) is 2.78. The van der Waals surface area contributed by atoms with Crippen molar-refractivity contribution in [2.75, 3.05) is 31.2 Å². The number of thiazole rings is 1. The van der Waals surface area contributed by atoms with Gasteiger partial charge in [-0.15, -0.1) is 0 Å². The van der Waals surface area contributed by atoms with Crippen LogP contribution in [0.5, 0.6) is 0 Å². The summed E-state index contributed by atoms with van der Waals surface area (Å²) in [6, 6.07) is 0. The van der Waals surface area contributed by atoms with E-state index in [-0.39, 0.29) is 0 Å². The number of ether oxygens (including phenoxy) is 1. The van der Waals surface area contributed by atoms with E-state index in [1.54, 1.807) is 0 Å². The lowest BCUT2D eigenvalue weighted by atomic mass is 10.3. The number of rotatable bonds is 2. The molecule has 0 aromatic carbocycles. The molecular weight excluding hydrogens is 253 g/mol. The van der Waals surface area contributed by atoms with Crippen LogP contribution in [-0.2, 0) is 17.3 Å². The van der Waals surface area contributed by atoms with Gasteiger partial charge in [-0.3, -0.25) is 0 Å². The van der Waals surface area contributed by atoms with E-state index in [4.69, 9.17) is 4.74 Å². The fourth-order valence-electron chi connectivity index (χ4n) is 1.71. The Balaban J connectivity index is 2.28. The average Bonchev–Trinajstić information content (AvgIpc) is 2.73. The third kappa shape index (κ3) is 2.71. The first kappa shape index (κ1) is 12.6. The molecule has 3 nitrogen and oxygen atoms in total. The third-order valence-electron chi connectivity index (χ3n) is 2.55. The zero-order valence-electron chi connectivity index (χ0n) is 9.38. The van der Waals surface area contributed by atoms with Gasteiger partial charge in [0.15, 0.2) is 5.01 Å². The summed E-state index contributed by atoms with van der Waals surface area (Å²) in [5, 5.41) is -0.112. The monoisotopic (exact) mass is 266 g/mol. The van der Waals surface area contributed by atoms with Gasteiger partial charge in [-0.1, -0.05) is 18.3 Å². The van der Waals surface area contributed by atoms with E-state index < -0.39 is 11.2 Å². The van der Waals surface area contributed by atoms with Crippen molar-refractivity contribution >= 4 is 16.3 Å². The number of aryl methyl sites for hydroxylation is 1. The van der Waals surface area contributed by atoms with Crippen molar-refractivity contribution in [2.45, 2.75) is 19.5 Å². The minimum absolute atomic E-state index is 0.513. The molecule has 1 aromatic rings. The normalized spacial score (nSPS) is 17.5. The van der Waals surface area contributed by atoms with Gasteiger partial charge >= 0.3 is 6.18 Å². The molecule has 2 rings (SSSR count). The maximum Gasteiger partial charge on any atom is 0.443 e. The molecule has 17 heavy (non-hydrogen) atoms. The molecule has 1 fully saturated rings. The molecule has 0 N–H and O–H groups in total. The number of aromatic nitrogens is 1. The molecular formula is C10H13F3N2OS. The summed E-state index contributed by atoms with van der Waals surface area (Å²) in [7, 11) is 0. The SMILES string of the molecule is CCc1nc(C(F)(F)F)sc1N1CCOCC1. The van der Waals surface area contributed by atoms with Crippen molar-refractivity contribution < 1.29 is 17.9 Å². The number of alkyl halides is 3. The third-order valence-corrected chi connectivity index (χ3v) is 3.76. The fraction of sp³-hybridized carbons (Fsp3) is 0.700. The largest absolute Gasteiger partial charge is 0.443 e. The Morgan fingerprint density at radius 1 is 1.35 bits per heavy atom. The minimum atomic E-state index is -4.35. The predicted molar refractivity (Wildman–Crippen MR) is 59.5 cm³/mol. The predicted octanol–water partition coefficient (Wildman–Crippen LogP) is 2.56. The molecule has 1 saturated heterocycles. The summed E-state index contributed by atoms with van der Waals surface area (Å²) in [4.78, 5) is 5.61. The highest BCUT2D eigenvalue weighted by molar-refractivity contribution is 7.16. The van der Waals surface area contributed by atoms with Crippen LogP contribution in [0.1, 0.15) is 17.6 Å². The number of nitrogens with zero attached hydrogens (tertiary/aromatic N) is 2. The van der Waals surface area contributed by atoms with E-state index in [0.717, 1.165) is 11.3 Å². The maximum atomic E-state index is 12.6. The van der Waals surface area contributed by atoms with Crippen LogP contribution in [0.25, 0.3) is 0 Å². The average molecular weight is 266 g/mol. The zero-order chi connectivity index (χ0) is 12.5. The van der Waals surface area contributed by atoms with Gasteiger partial charge < -0.3 is 9.64 Å². The van der Waals surface area contributed by atoms with E-state index in [9.17, 15) is 13.2 Å². The lowest BCUT2D eigenvalue weighted by molar-refractivity contribution is -0.137. The lowest BCUT2D eigenvalue weighted by Crippen LogP contribution is -2.36. The molecule has 2 heterocycles. The van der Waals surface area contributed by atoms with Crippen LogP contribution in [0.4, 0.5) is 18.2 Å². The Morgan fingerprint density at radius 3 is 2.53 bits per heavy atom. The molecule has 1 aliphatic heterocycles. The molecule has 0 spiro atoms. The molecule has 0 aliphatic carbocycles. The van der Waals surface area contributed by atoms with Crippen LogP contribution in [0, 0.1) is 0 Å². The Hall–Kier alpha value is -0.820. The van der Waals surface area contributed by atoms with Crippen LogP contribution in [0.15, 0.2) is 0 Å². The quantitative estimate of drug-likeness (QED) is 0.822. The summed E-state index contributed by atoms with van der Waals surface area (Å²) in [5.74, 6) is 0. The highest BCUT2D eigenvalue weighted by Gasteiger charge is 2.36. The molecule has 0 saturated carbocycles. The first-order valence-corrected chi connectivity index (χ1v) is 6.23. The standard InChI is InChI=1S/C10H13F3N2OS/c1-2-7-8(15-3-5-16-6-4-15)17-9(14-7)10(11,12)13/h2-6H2,1H3. The van der Waals surface area contributed by atoms with Crippen LogP contribution in [0.3, 0.4) is 0 Å². The summed E-state index contributed by atoms with van der Waals surface area (Å²) in [6.07, 6.45) is -3.83. The van der Waals surface area contributed by atoms with Gasteiger partial charge in [-0.2, -0.15) is 13.2 Å². The number of halogens is 3. The van der Waals surface area contributed by atoms with Crippen LogP contribution < -0.4 is 4.90 Å². The summed E-state index contributed by atoms with van der Waals surface area (Å²) < 4.78 is 43.0. The van der Waals surface area contributed by atoms with Crippen LogP contribution in [0.2, 0.25) is 0 Å². The van der Waals surface area contributed by atoms with Crippen molar-refractivity contribution in [2.24, 2.45) is 0 Å². The smallest absolute Gasteiger partial charge is 0.378 e. The number of anilines is 1. The van der Waals surface area contributed by atoms with Gasteiger partial charge in [-0.25, -0.2) is 4.98 Å². The number of hydrogen-bond acceptors (Lipinski definition) is 4. The van der Waals surface area contributed by atoms with E-state index in [0.29, 0.717) is 43.4 Å². The van der Waals surface area contributed by atoms with Gasteiger partial charge in [-0.05, 0) is 6.42 Å². The van der Waals surface area contributed by atoms with Crippen molar-refractivity contribution in [1.82, 2.24) is 4.98 Å². The maximum absolute atomic E-state index is 12.6. The first-order valence-electron chi connectivity index (χ1n) is 5.42. The molecule has 7 heteroatoms. The van der Waals surface area contributed by atoms with Gasteiger partial charge in [0.1, 0.15) is 5.00 Å². The minimum Gasteiger partial charge on any atom is -0.378 e. The van der Waals surface area contributed by atoms with Crippen LogP contribution >= 0.6 is 11.3 Å².